The van der Waals surface area contributed by atoms with Crippen LogP contribution in [0, 0.1) is 0 Å². The van der Waals surface area contributed by atoms with E-state index in [0.717, 1.165) is 23.3 Å². The lowest BCUT2D eigenvalue weighted by Crippen LogP contribution is -2.33. The molecule has 5 heteroatoms. The number of hydrogen-bond acceptors (Lipinski definition) is 3. The second-order valence-electron chi connectivity index (χ2n) is 11.0. The van der Waals surface area contributed by atoms with E-state index in [2.05, 4.69) is 52.0 Å². The molecule has 1 heterocycles. The van der Waals surface area contributed by atoms with Crippen molar-refractivity contribution >= 4 is 11.9 Å². The van der Waals surface area contributed by atoms with Gasteiger partial charge in [-0.05, 0) is 52.8 Å². The third-order valence-corrected chi connectivity index (χ3v) is 6.73. The van der Waals surface area contributed by atoms with Gasteiger partial charge < -0.3 is 14.7 Å². The van der Waals surface area contributed by atoms with Crippen LogP contribution in [0.5, 0.6) is 5.75 Å². The Kier molecular flexibility index (Phi) is 7.21. The van der Waals surface area contributed by atoms with Crippen LogP contribution in [0.2, 0.25) is 0 Å². The summed E-state index contributed by atoms with van der Waals surface area (Å²) in [6.45, 7) is 9.26. The van der Waals surface area contributed by atoms with Crippen molar-refractivity contribution in [3.63, 3.8) is 0 Å². The van der Waals surface area contributed by atoms with Gasteiger partial charge >= 0.3 is 5.97 Å². The van der Waals surface area contributed by atoms with E-state index < -0.39 is 5.97 Å². The molecule has 0 fully saturated rings. The maximum atomic E-state index is 13.4. The van der Waals surface area contributed by atoms with Crippen molar-refractivity contribution < 1.29 is 19.4 Å². The summed E-state index contributed by atoms with van der Waals surface area (Å²) in [4.78, 5) is 26.2. The summed E-state index contributed by atoms with van der Waals surface area (Å²) in [5.41, 5.74) is 4.77. The molecule has 188 valence electrons. The van der Waals surface area contributed by atoms with Gasteiger partial charge in [-0.25, -0.2) is 0 Å². The summed E-state index contributed by atoms with van der Waals surface area (Å²) < 4.78 is 6.36. The van der Waals surface area contributed by atoms with Crippen molar-refractivity contribution in [2.45, 2.75) is 64.5 Å². The summed E-state index contributed by atoms with van der Waals surface area (Å²) in [5, 5.41) is 9.19. The molecule has 0 unspecified atom stereocenters. The van der Waals surface area contributed by atoms with Gasteiger partial charge in [-0.2, -0.15) is 0 Å². The Balaban J connectivity index is 1.49. The van der Waals surface area contributed by atoms with Crippen LogP contribution >= 0.6 is 0 Å². The quantitative estimate of drug-likeness (QED) is 0.423. The summed E-state index contributed by atoms with van der Waals surface area (Å²) in [7, 11) is 0. The molecule has 0 bridgehead atoms. The average Bonchev–Trinajstić information content (AvgIpc) is 3.16. The number of benzene rings is 3. The fourth-order valence-electron chi connectivity index (χ4n) is 4.78. The topological polar surface area (TPSA) is 66.8 Å². The van der Waals surface area contributed by atoms with E-state index >= 15 is 0 Å². The van der Waals surface area contributed by atoms with Crippen LogP contribution in [-0.2, 0) is 29.6 Å². The number of carboxylic acid groups (broad SMARTS) is 1. The van der Waals surface area contributed by atoms with Crippen LogP contribution < -0.4 is 4.74 Å². The summed E-state index contributed by atoms with van der Waals surface area (Å²) in [5.74, 6) is -0.288. The first-order valence-electron chi connectivity index (χ1n) is 12.5. The maximum Gasteiger partial charge on any atom is 0.305 e. The highest BCUT2D eigenvalue weighted by Crippen LogP contribution is 2.38. The molecule has 1 aliphatic rings. The van der Waals surface area contributed by atoms with Crippen LogP contribution in [0.15, 0.2) is 72.8 Å². The molecule has 4 rings (SSSR count). The van der Waals surface area contributed by atoms with Crippen LogP contribution in [0.4, 0.5) is 0 Å². The Morgan fingerprint density at radius 1 is 0.972 bits per heavy atom. The number of rotatable bonds is 8. The maximum absolute atomic E-state index is 13.4. The van der Waals surface area contributed by atoms with Crippen LogP contribution in [-0.4, -0.2) is 34.0 Å². The van der Waals surface area contributed by atoms with Crippen molar-refractivity contribution in [2.75, 3.05) is 6.54 Å². The number of carboxylic acids is 1. The van der Waals surface area contributed by atoms with Gasteiger partial charge in [0.25, 0.3) is 5.91 Å². The van der Waals surface area contributed by atoms with E-state index in [-0.39, 0.29) is 29.9 Å². The number of ether oxygens (including phenoxy) is 1. The molecule has 0 spiro atoms. The van der Waals surface area contributed by atoms with E-state index in [0.29, 0.717) is 18.5 Å². The minimum Gasteiger partial charge on any atom is -0.487 e. The number of amides is 1. The lowest BCUT2D eigenvalue weighted by atomic mass is 9.85. The summed E-state index contributed by atoms with van der Waals surface area (Å²) in [6.07, 6.45) is 1.38. The monoisotopic (exact) mass is 485 g/mol. The fourth-order valence-corrected chi connectivity index (χ4v) is 4.78. The highest BCUT2D eigenvalue weighted by molar-refractivity contribution is 5.95. The summed E-state index contributed by atoms with van der Waals surface area (Å²) >= 11 is 0. The van der Waals surface area contributed by atoms with Gasteiger partial charge in [-0.1, -0.05) is 75.4 Å². The van der Waals surface area contributed by atoms with E-state index in [4.69, 9.17) is 4.74 Å². The predicted molar refractivity (Wildman–Crippen MR) is 141 cm³/mol. The third kappa shape index (κ3) is 6.14. The SMILES string of the molecule is CC(C)(C)c1ccc(C[C@]2(C)Cc3cc(C(=O)N(CCC(=O)O)Cc4ccccc4)ccc3O2)cc1. The van der Waals surface area contributed by atoms with E-state index in [9.17, 15) is 14.7 Å². The van der Waals surface area contributed by atoms with Gasteiger partial charge in [0.15, 0.2) is 0 Å². The molecule has 0 saturated heterocycles. The Hall–Kier alpha value is -3.60. The van der Waals surface area contributed by atoms with Crippen molar-refractivity contribution in [3.05, 3.63) is 101 Å². The van der Waals surface area contributed by atoms with Gasteiger partial charge in [0, 0.05) is 31.5 Å². The largest absolute Gasteiger partial charge is 0.487 e. The van der Waals surface area contributed by atoms with E-state index in [1.807, 2.05) is 42.5 Å². The normalized spacial score (nSPS) is 16.8. The zero-order chi connectivity index (χ0) is 25.9. The minimum atomic E-state index is -0.922. The molecule has 5 nitrogen and oxygen atoms in total. The second kappa shape index (κ2) is 10.2. The fraction of sp³-hybridized carbons (Fsp3) is 0.355. The highest BCUT2D eigenvalue weighted by atomic mass is 16.5. The van der Waals surface area contributed by atoms with Crippen molar-refractivity contribution in [1.29, 1.82) is 0 Å². The molecule has 1 atom stereocenters. The number of carbonyl (C=O) groups is 2. The van der Waals surface area contributed by atoms with E-state index in [1.54, 1.807) is 11.0 Å². The molecule has 0 saturated carbocycles. The standard InChI is InChI=1S/C31H35NO4/c1-30(2,3)26-13-10-22(11-14-26)19-31(4)20-25-18-24(12-15-27(25)36-31)29(35)32(17-16-28(33)34)21-23-8-6-5-7-9-23/h5-15,18H,16-17,19-21H2,1-4H3,(H,33,34)/t31-/m1/s1. The average molecular weight is 486 g/mol. The van der Waals surface area contributed by atoms with Gasteiger partial charge in [-0.15, -0.1) is 0 Å². The molecule has 36 heavy (non-hydrogen) atoms. The number of nitrogens with zero attached hydrogens (tertiary/aromatic N) is 1. The molecular weight excluding hydrogens is 450 g/mol. The third-order valence-electron chi connectivity index (χ3n) is 6.73. The van der Waals surface area contributed by atoms with Gasteiger partial charge in [-0.3, -0.25) is 9.59 Å². The van der Waals surface area contributed by atoms with E-state index in [1.165, 1.54) is 11.1 Å². The minimum absolute atomic E-state index is 0.0985. The highest BCUT2D eigenvalue weighted by Gasteiger charge is 2.35. The van der Waals surface area contributed by atoms with Crippen LogP contribution in [0.3, 0.4) is 0 Å². The van der Waals surface area contributed by atoms with Crippen molar-refractivity contribution in [1.82, 2.24) is 4.90 Å². The van der Waals surface area contributed by atoms with Crippen molar-refractivity contribution in [2.24, 2.45) is 0 Å². The number of carbonyl (C=O) groups excluding carboxylic acids is 1. The zero-order valence-corrected chi connectivity index (χ0v) is 21.6. The van der Waals surface area contributed by atoms with Crippen molar-refractivity contribution in [3.8, 4) is 5.75 Å². The second-order valence-corrected chi connectivity index (χ2v) is 11.0. The smallest absolute Gasteiger partial charge is 0.305 e. The lowest BCUT2D eigenvalue weighted by molar-refractivity contribution is -0.137. The molecular formula is C31H35NO4. The Bertz CT molecular complexity index is 1230. The van der Waals surface area contributed by atoms with Gasteiger partial charge in [0.2, 0.25) is 0 Å². The number of aliphatic carboxylic acids is 1. The zero-order valence-electron chi connectivity index (χ0n) is 21.6. The van der Waals surface area contributed by atoms with Gasteiger partial charge in [0.1, 0.15) is 11.4 Å². The lowest BCUT2D eigenvalue weighted by Gasteiger charge is -2.25. The van der Waals surface area contributed by atoms with Gasteiger partial charge in [0.05, 0.1) is 6.42 Å². The molecule has 1 aliphatic heterocycles. The molecule has 0 aliphatic carbocycles. The Morgan fingerprint density at radius 3 is 2.31 bits per heavy atom. The van der Waals surface area contributed by atoms with Crippen LogP contribution in [0.25, 0.3) is 0 Å². The first-order valence-corrected chi connectivity index (χ1v) is 12.5. The molecule has 0 radical (unpaired) electrons. The first-order chi connectivity index (χ1) is 17.0. The molecule has 1 N–H and O–H groups in total. The number of hydrogen-bond donors (Lipinski definition) is 1. The molecule has 3 aromatic carbocycles. The Labute approximate surface area is 213 Å². The number of fused-ring (bicyclic) bond motifs is 1. The Morgan fingerprint density at radius 2 is 1.67 bits per heavy atom. The van der Waals surface area contributed by atoms with Crippen LogP contribution in [0.1, 0.15) is 66.7 Å². The molecule has 1 amide bonds. The summed E-state index contributed by atoms with van der Waals surface area (Å²) in [6, 6.07) is 23.9. The molecule has 0 aromatic heterocycles. The predicted octanol–water partition coefficient (Wildman–Crippen LogP) is 6.04. The first kappa shape index (κ1) is 25.5. The molecule has 3 aromatic rings.